The minimum absolute atomic E-state index is 0.0482. The molecule has 0 bridgehead atoms. The molecule has 1 heterocycles. The Morgan fingerprint density at radius 1 is 0.950 bits per heavy atom. The molecule has 2 atom stereocenters. The zero-order valence-electron chi connectivity index (χ0n) is 22.6. The van der Waals surface area contributed by atoms with Gasteiger partial charge in [-0.15, -0.1) is 0 Å². The van der Waals surface area contributed by atoms with Gasteiger partial charge in [-0.3, -0.25) is 14.6 Å². The van der Waals surface area contributed by atoms with Gasteiger partial charge in [0.2, 0.25) is 5.91 Å². The van der Waals surface area contributed by atoms with Crippen molar-refractivity contribution in [2.45, 2.75) is 37.9 Å². The molecule has 0 spiro atoms. The first kappa shape index (κ1) is 27.1. The molecule has 0 aromatic heterocycles. The van der Waals surface area contributed by atoms with Gasteiger partial charge in [0.15, 0.2) is 5.96 Å². The fraction of sp³-hybridized carbons (Fsp3) is 0.281. The highest BCUT2D eigenvalue weighted by Gasteiger charge is 2.31. The molecule has 4 aromatic rings. The second-order valence-electron chi connectivity index (χ2n) is 10.3. The molecule has 1 aliphatic heterocycles. The van der Waals surface area contributed by atoms with E-state index < -0.39 is 6.04 Å². The highest BCUT2D eigenvalue weighted by molar-refractivity contribution is 5.98. The summed E-state index contributed by atoms with van der Waals surface area (Å²) in [5.41, 5.74) is 12.7. The maximum Gasteiger partial charge on any atom is 0.251 e. The van der Waals surface area contributed by atoms with Crippen LogP contribution >= 0.6 is 0 Å². The fourth-order valence-corrected chi connectivity index (χ4v) is 5.39. The summed E-state index contributed by atoms with van der Waals surface area (Å²) in [5.74, 6) is -0.0203. The SMILES string of the molecule is NC(N)=NCCCC1NC(CNC(=O)c2ccc3ccccc3c2)CCN(Cc2cccc3ccccc23)C1=O. The molecule has 0 aliphatic carbocycles. The van der Waals surface area contributed by atoms with E-state index >= 15 is 0 Å². The topological polar surface area (TPSA) is 126 Å². The fourth-order valence-electron chi connectivity index (χ4n) is 5.39. The lowest BCUT2D eigenvalue weighted by atomic mass is 10.0. The number of fused-ring (bicyclic) bond motifs is 2. The van der Waals surface area contributed by atoms with Gasteiger partial charge in [0, 0.05) is 37.8 Å². The minimum atomic E-state index is -0.394. The van der Waals surface area contributed by atoms with Crippen molar-refractivity contribution in [1.82, 2.24) is 15.5 Å². The second kappa shape index (κ2) is 12.6. The number of aliphatic imine (C=N–C) groups is 1. The normalized spacial score (nSPS) is 17.5. The largest absolute Gasteiger partial charge is 0.370 e. The van der Waals surface area contributed by atoms with Crippen LogP contribution in [0.4, 0.5) is 0 Å². The molecular formula is C32H36N6O2. The maximum absolute atomic E-state index is 13.7. The Balaban J connectivity index is 1.29. The van der Waals surface area contributed by atoms with Gasteiger partial charge in [-0.2, -0.15) is 0 Å². The van der Waals surface area contributed by atoms with Gasteiger partial charge in [-0.05, 0) is 58.5 Å². The number of guanidine groups is 1. The number of hydrogen-bond donors (Lipinski definition) is 4. The van der Waals surface area contributed by atoms with E-state index in [1.165, 1.54) is 0 Å². The number of amides is 2. The monoisotopic (exact) mass is 536 g/mol. The summed E-state index contributed by atoms with van der Waals surface area (Å²) in [6, 6.07) is 27.7. The Labute approximate surface area is 234 Å². The quantitative estimate of drug-likeness (QED) is 0.148. The Bertz CT molecular complexity index is 1530. The highest BCUT2D eigenvalue weighted by atomic mass is 16.2. The molecule has 2 unspecified atom stereocenters. The summed E-state index contributed by atoms with van der Waals surface area (Å²) in [6.07, 6.45) is 1.98. The van der Waals surface area contributed by atoms with Crippen molar-refractivity contribution in [3.8, 4) is 0 Å². The first-order chi connectivity index (χ1) is 19.5. The zero-order valence-corrected chi connectivity index (χ0v) is 22.6. The number of nitrogens with one attached hydrogen (secondary N) is 2. The number of carbonyl (C=O) groups excluding carboxylic acids is 2. The van der Waals surface area contributed by atoms with Gasteiger partial charge < -0.3 is 27.0 Å². The summed E-state index contributed by atoms with van der Waals surface area (Å²) < 4.78 is 0. The van der Waals surface area contributed by atoms with Crippen molar-refractivity contribution in [2.24, 2.45) is 16.5 Å². The Hall–Kier alpha value is -4.43. The maximum atomic E-state index is 13.7. The van der Waals surface area contributed by atoms with Crippen LogP contribution in [-0.4, -0.2) is 54.4 Å². The number of rotatable bonds is 9. The summed E-state index contributed by atoms with van der Waals surface area (Å²) in [7, 11) is 0. The first-order valence-electron chi connectivity index (χ1n) is 13.8. The number of nitrogens with zero attached hydrogens (tertiary/aromatic N) is 2. The molecule has 6 N–H and O–H groups in total. The Morgan fingerprint density at radius 3 is 2.52 bits per heavy atom. The first-order valence-corrected chi connectivity index (χ1v) is 13.8. The summed E-state index contributed by atoms with van der Waals surface area (Å²) >= 11 is 0. The van der Waals surface area contributed by atoms with E-state index in [4.69, 9.17) is 11.5 Å². The van der Waals surface area contributed by atoms with Crippen molar-refractivity contribution < 1.29 is 9.59 Å². The van der Waals surface area contributed by atoms with Crippen molar-refractivity contribution in [1.29, 1.82) is 0 Å². The third kappa shape index (κ3) is 6.58. The smallest absolute Gasteiger partial charge is 0.251 e. The number of benzene rings is 4. The molecule has 206 valence electrons. The average Bonchev–Trinajstić information content (AvgIpc) is 3.12. The molecule has 0 radical (unpaired) electrons. The van der Waals surface area contributed by atoms with E-state index in [1.807, 2.05) is 65.6 Å². The van der Waals surface area contributed by atoms with E-state index in [-0.39, 0.29) is 23.8 Å². The van der Waals surface area contributed by atoms with Crippen LogP contribution in [0.5, 0.6) is 0 Å². The van der Waals surface area contributed by atoms with Crippen LogP contribution in [0.25, 0.3) is 21.5 Å². The van der Waals surface area contributed by atoms with Crippen LogP contribution in [0.2, 0.25) is 0 Å². The van der Waals surface area contributed by atoms with Gasteiger partial charge >= 0.3 is 0 Å². The lowest BCUT2D eigenvalue weighted by Crippen LogP contribution is -2.48. The lowest BCUT2D eigenvalue weighted by molar-refractivity contribution is -0.133. The predicted molar refractivity (Wildman–Crippen MR) is 161 cm³/mol. The number of nitrogens with two attached hydrogens (primary N) is 2. The highest BCUT2D eigenvalue weighted by Crippen LogP contribution is 2.22. The molecule has 5 rings (SSSR count). The van der Waals surface area contributed by atoms with Crippen molar-refractivity contribution in [2.75, 3.05) is 19.6 Å². The summed E-state index contributed by atoms with van der Waals surface area (Å²) in [4.78, 5) is 32.8. The second-order valence-corrected chi connectivity index (χ2v) is 10.3. The van der Waals surface area contributed by atoms with Crippen LogP contribution in [0.1, 0.15) is 35.2 Å². The average molecular weight is 537 g/mol. The van der Waals surface area contributed by atoms with Crippen molar-refractivity contribution in [3.05, 3.63) is 96.1 Å². The van der Waals surface area contributed by atoms with Crippen molar-refractivity contribution >= 4 is 39.3 Å². The number of hydrogen-bond acceptors (Lipinski definition) is 4. The van der Waals surface area contributed by atoms with Gasteiger partial charge in [0.1, 0.15) is 0 Å². The van der Waals surface area contributed by atoms with Crippen molar-refractivity contribution in [3.63, 3.8) is 0 Å². The van der Waals surface area contributed by atoms with Crippen LogP contribution in [0.15, 0.2) is 89.9 Å². The molecule has 1 saturated heterocycles. The third-order valence-corrected chi connectivity index (χ3v) is 7.50. The molecule has 1 aliphatic rings. The zero-order chi connectivity index (χ0) is 27.9. The van der Waals surface area contributed by atoms with Gasteiger partial charge in [-0.25, -0.2) is 0 Å². The van der Waals surface area contributed by atoms with Gasteiger partial charge in [-0.1, -0.05) is 72.8 Å². The molecule has 8 heteroatoms. The molecular weight excluding hydrogens is 500 g/mol. The molecule has 2 amide bonds. The van der Waals surface area contributed by atoms with E-state index in [9.17, 15) is 9.59 Å². The molecule has 1 fully saturated rings. The van der Waals surface area contributed by atoms with Gasteiger partial charge in [0.05, 0.1) is 6.04 Å². The lowest BCUT2D eigenvalue weighted by Gasteiger charge is -2.25. The van der Waals surface area contributed by atoms with E-state index in [0.717, 1.165) is 33.5 Å². The summed E-state index contributed by atoms with van der Waals surface area (Å²) in [5, 5.41) is 11.0. The van der Waals surface area contributed by atoms with E-state index in [2.05, 4.69) is 39.9 Å². The van der Waals surface area contributed by atoms with Crippen LogP contribution in [0.3, 0.4) is 0 Å². The summed E-state index contributed by atoms with van der Waals surface area (Å²) in [6.45, 7) is 2.00. The molecule has 40 heavy (non-hydrogen) atoms. The van der Waals surface area contributed by atoms with Crippen LogP contribution in [0, 0.1) is 0 Å². The van der Waals surface area contributed by atoms with E-state index in [1.54, 1.807) is 0 Å². The van der Waals surface area contributed by atoms with Gasteiger partial charge in [0.25, 0.3) is 5.91 Å². The Kier molecular flexibility index (Phi) is 8.56. The standard InChI is InChI=1S/C32H36N6O2/c33-32(34)35-17-6-13-29-31(40)38(21-26-11-5-10-23-8-3-4-12-28(23)26)18-16-27(37-29)20-36-30(39)25-15-14-22-7-1-2-9-24(22)19-25/h1-5,7-12,14-15,19,27,29,37H,6,13,16-18,20-21H2,(H,36,39)(H4,33,34,35). The third-order valence-electron chi connectivity index (χ3n) is 7.50. The molecule has 0 saturated carbocycles. The minimum Gasteiger partial charge on any atom is -0.370 e. The van der Waals surface area contributed by atoms with E-state index in [0.29, 0.717) is 44.6 Å². The molecule has 8 nitrogen and oxygen atoms in total. The van der Waals surface area contributed by atoms with Crippen LogP contribution < -0.4 is 22.1 Å². The van der Waals surface area contributed by atoms with Crippen LogP contribution in [-0.2, 0) is 11.3 Å². The number of carbonyl (C=O) groups is 2. The molecule has 4 aromatic carbocycles. The Morgan fingerprint density at radius 2 is 1.70 bits per heavy atom. The predicted octanol–water partition coefficient (Wildman–Crippen LogP) is 3.54.